The smallest absolute Gasteiger partial charge is 0.261 e. The number of benzene rings is 1. The summed E-state index contributed by atoms with van der Waals surface area (Å²) in [5.41, 5.74) is 0. The maximum atomic E-state index is 11.7. The molecular weight excluding hydrogens is 242 g/mol. The van der Waals surface area contributed by atoms with Crippen molar-refractivity contribution in [3.05, 3.63) is 46.8 Å². The molecule has 1 aromatic carbocycles. The minimum Gasteiger partial charge on any atom is -0.346 e. The summed E-state index contributed by atoms with van der Waals surface area (Å²) in [6.45, 7) is 3.82. The van der Waals surface area contributed by atoms with Gasteiger partial charge in [0.1, 0.15) is 0 Å². The lowest BCUT2D eigenvalue weighted by molar-refractivity contribution is 0.0961. The molecule has 1 aromatic heterocycles. The molecule has 0 saturated heterocycles. The molecule has 0 spiro atoms. The highest BCUT2D eigenvalue weighted by molar-refractivity contribution is 7.20. The third-order valence-electron chi connectivity index (χ3n) is 2.09. The normalized spacial score (nSPS) is 10.3. The summed E-state index contributed by atoms with van der Waals surface area (Å²) in [6, 6.07) is 9.78. The maximum Gasteiger partial charge on any atom is 0.261 e. The Balaban J connectivity index is 2.20. The van der Waals surface area contributed by atoms with Crippen LogP contribution in [0.3, 0.4) is 0 Å². The van der Waals surface area contributed by atoms with Gasteiger partial charge < -0.3 is 5.32 Å². The minimum absolute atomic E-state index is 0.108. The van der Waals surface area contributed by atoms with Crippen molar-refractivity contribution in [3.8, 4) is 0 Å². The van der Waals surface area contributed by atoms with Crippen LogP contribution in [-0.2, 0) is 0 Å². The number of nitrogens with one attached hydrogen (secondary N) is 1. The van der Waals surface area contributed by atoms with Crippen molar-refractivity contribution < 1.29 is 4.79 Å². The fourth-order valence-electron chi connectivity index (χ4n) is 1.36. The molecule has 0 fully saturated rings. The van der Waals surface area contributed by atoms with Crippen LogP contribution in [0.5, 0.6) is 0 Å². The molecule has 0 unspecified atom stereocenters. The molecule has 82 valence electrons. The number of hydrogen-bond acceptors (Lipinski definition) is 2. The Hall–Kier alpha value is -1.32. The van der Waals surface area contributed by atoms with Gasteiger partial charge in [-0.15, -0.1) is 11.3 Å². The highest BCUT2D eigenvalue weighted by atomic mass is 35.5. The molecule has 1 amide bonds. The van der Waals surface area contributed by atoms with Gasteiger partial charge in [0, 0.05) is 9.73 Å². The third-order valence-corrected chi connectivity index (χ3v) is 3.34. The van der Waals surface area contributed by atoms with Crippen molar-refractivity contribution in [3.63, 3.8) is 0 Å². The number of amides is 1. The summed E-state index contributed by atoms with van der Waals surface area (Å²) in [6.07, 6.45) is 0. The summed E-state index contributed by atoms with van der Waals surface area (Å²) in [4.78, 5) is 12.4. The van der Waals surface area contributed by atoms with Crippen molar-refractivity contribution in [1.82, 2.24) is 5.32 Å². The van der Waals surface area contributed by atoms with Gasteiger partial charge >= 0.3 is 0 Å². The van der Waals surface area contributed by atoms with Crippen LogP contribution in [0, 0.1) is 0 Å². The van der Waals surface area contributed by atoms with Crippen molar-refractivity contribution in [2.24, 2.45) is 0 Å². The summed E-state index contributed by atoms with van der Waals surface area (Å²) in [5.74, 6) is -0.108. The van der Waals surface area contributed by atoms with Gasteiger partial charge in [-0.25, -0.2) is 0 Å². The van der Waals surface area contributed by atoms with Crippen LogP contribution >= 0.6 is 22.9 Å². The number of thiophene rings is 1. The first kappa shape index (κ1) is 11.2. The summed E-state index contributed by atoms with van der Waals surface area (Å²) in [5, 5.41) is 4.21. The number of halogens is 1. The molecule has 0 bridgehead atoms. The highest BCUT2D eigenvalue weighted by Gasteiger charge is 2.09. The lowest BCUT2D eigenvalue weighted by atomic mass is 10.2. The van der Waals surface area contributed by atoms with Crippen molar-refractivity contribution >= 4 is 38.9 Å². The van der Waals surface area contributed by atoms with E-state index >= 15 is 0 Å². The first-order valence-electron chi connectivity index (χ1n) is 4.77. The van der Waals surface area contributed by atoms with Crippen LogP contribution in [0.4, 0.5) is 0 Å². The zero-order chi connectivity index (χ0) is 11.5. The number of rotatable bonds is 3. The van der Waals surface area contributed by atoms with Crippen molar-refractivity contribution in [2.75, 3.05) is 6.54 Å². The Kier molecular flexibility index (Phi) is 3.27. The van der Waals surface area contributed by atoms with E-state index in [-0.39, 0.29) is 5.91 Å². The largest absolute Gasteiger partial charge is 0.346 e. The molecule has 0 atom stereocenters. The predicted octanol–water partition coefficient (Wildman–Crippen LogP) is 3.38. The molecular formula is C12H10ClNOS. The Bertz CT molecular complexity index is 514. The second-order valence-corrected chi connectivity index (χ2v) is 4.97. The average Bonchev–Trinajstić information content (AvgIpc) is 2.69. The van der Waals surface area contributed by atoms with Gasteiger partial charge in [0.05, 0.1) is 11.4 Å². The standard InChI is InChI=1S/C12H10ClNOS/c1-8(13)7-14-12(15)11-6-9-4-2-3-5-10(9)16-11/h2-6H,1,7H2,(H,14,15). The van der Waals surface area contributed by atoms with Gasteiger partial charge in [-0.3, -0.25) is 4.79 Å². The van der Waals surface area contributed by atoms with Crippen LogP contribution in [0.1, 0.15) is 9.67 Å². The van der Waals surface area contributed by atoms with E-state index in [9.17, 15) is 4.79 Å². The van der Waals surface area contributed by atoms with Crippen LogP contribution in [-0.4, -0.2) is 12.5 Å². The molecule has 1 N–H and O–H groups in total. The molecule has 0 saturated carbocycles. The molecule has 2 aromatic rings. The molecule has 0 radical (unpaired) electrons. The summed E-state index contributed by atoms with van der Waals surface area (Å²) in [7, 11) is 0. The molecule has 4 heteroatoms. The van der Waals surface area contributed by atoms with Crippen LogP contribution in [0.2, 0.25) is 0 Å². The molecule has 1 heterocycles. The van der Waals surface area contributed by atoms with Crippen LogP contribution < -0.4 is 5.32 Å². The molecule has 0 aliphatic heterocycles. The summed E-state index contributed by atoms with van der Waals surface area (Å²) >= 11 is 7.05. The molecule has 0 aliphatic carbocycles. The van der Waals surface area contributed by atoms with Gasteiger partial charge in [-0.2, -0.15) is 0 Å². The van der Waals surface area contributed by atoms with E-state index in [2.05, 4.69) is 11.9 Å². The maximum absolute atomic E-state index is 11.7. The fraction of sp³-hybridized carbons (Fsp3) is 0.0833. The predicted molar refractivity (Wildman–Crippen MR) is 69.2 cm³/mol. The van der Waals surface area contributed by atoms with E-state index in [1.165, 1.54) is 11.3 Å². The molecule has 0 aliphatic rings. The van der Waals surface area contributed by atoms with Gasteiger partial charge in [-0.05, 0) is 17.5 Å². The van der Waals surface area contributed by atoms with Gasteiger partial charge in [0.25, 0.3) is 5.91 Å². The zero-order valence-corrected chi connectivity index (χ0v) is 10.1. The number of carbonyl (C=O) groups excluding carboxylic acids is 1. The molecule has 2 nitrogen and oxygen atoms in total. The second-order valence-electron chi connectivity index (χ2n) is 3.35. The van der Waals surface area contributed by atoms with E-state index in [0.717, 1.165) is 10.1 Å². The Labute approximate surface area is 103 Å². The van der Waals surface area contributed by atoms with E-state index in [0.29, 0.717) is 16.5 Å². The van der Waals surface area contributed by atoms with Crippen molar-refractivity contribution in [1.29, 1.82) is 0 Å². The number of hydrogen-bond donors (Lipinski definition) is 1. The molecule has 2 rings (SSSR count). The van der Waals surface area contributed by atoms with Crippen LogP contribution in [0.25, 0.3) is 10.1 Å². The van der Waals surface area contributed by atoms with Gasteiger partial charge in [-0.1, -0.05) is 36.4 Å². The number of carbonyl (C=O) groups is 1. The van der Waals surface area contributed by atoms with E-state index in [4.69, 9.17) is 11.6 Å². The minimum atomic E-state index is -0.108. The topological polar surface area (TPSA) is 29.1 Å². The quantitative estimate of drug-likeness (QED) is 0.890. The van der Waals surface area contributed by atoms with E-state index in [1.807, 2.05) is 30.3 Å². The van der Waals surface area contributed by atoms with E-state index < -0.39 is 0 Å². The first-order valence-corrected chi connectivity index (χ1v) is 5.96. The zero-order valence-electron chi connectivity index (χ0n) is 8.50. The Morgan fingerprint density at radius 3 is 2.88 bits per heavy atom. The lowest BCUT2D eigenvalue weighted by Gasteiger charge is -1.99. The number of fused-ring (bicyclic) bond motifs is 1. The fourth-order valence-corrected chi connectivity index (χ4v) is 2.40. The van der Waals surface area contributed by atoms with Crippen molar-refractivity contribution in [2.45, 2.75) is 0 Å². The third kappa shape index (κ3) is 2.43. The lowest BCUT2D eigenvalue weighted by Crippen LogP contribution is -2.23. The molecule has 16 heavy (non-hydrogen) atoms. The van der Waals surface area contributed by atoms with E-state index in [1.54, 1.807) is 0 Å². The second kappa shape index (κ2) is 4.68. The van der Waals surface area contributed by atoms with Gasteiger partial charge in [0.2, 0.25) is 0 Å². The SMILES string of the molecule is C=C(Cl)CNC(=O)c1cc2ccccc2s1. The average molecular weight is 252 g/mol. The highest BCUT2D eigenvalue weighted by Crippen LogP contribution is 2.24. The summed E-state index contributed by atoms with van der Waals surface area (Å²) < 4.78 is 1.11. The van der Waals surface area contributed by atoms with Crippen LogP contribution in [0.15, 0.2) is 41.9 Å². The monoisotopic (exact) mass is 251 g/mol. The Morgan fingerprint density at radius 1 is 1.44 bits per heavy atom. The Morgan fingerprint density at radius 2 is 2.19 bits per heavy atom. The first-order chi connectivity index (χ1) is 7.66. The van der Waals surface area contributed by atoms with Gasteiger partial charge in [0.15, 0.2) is 0 Å².